The van der Waals surface area contributed by atoms with Gasteiger partial charge in [0.2, 0.25) is 4.45 Å². The van der Waals surface area contributed by atoms with Crippen molar-refractivity contribution in [3.05, 3.63) is 0 Å². The van der Waals surface area contributed by atoms with Crippen molar-refractivity contribution in [2.45, 2.75) is 37.2 Å². The van der Waals surface area contributed by atoms with Crippen LogP contribution in [-0.4, -0.2) is 14.9 Å². The van der Waals surface area contributed by atoms with Crippen molar-refractivity contribution in [2.24, 2.45) is 0 Å². The third kappa shape index (κ3) is 1.70. The molecule has 0 bridgehead atoms. The first-order chi connectivity index (χ1) is 4.77. The Bertz CT molecular complexity index is 122. The molecule has 0 radical (unpaired) electrons. The largest absolute Gasteiger partial charge is 0.274 e. The molecule has 0 saturated carbocycles. The average Bonchev–Trinajstić information content (AvgIpc) is 2.30. The molecule has 0 spiro atoms. The van der Waals surface area contributed by atoms with Crippen molar-refractivity contribution >= 4 is 28.0 Å². The zero-order valence-corrected chi connectivity index (χ0v) is 7.93. The molecule has 0 N–H and O–H groups in total. The fraction of sp³-hybridized carbons (Fsp3) is 0.857. The molecule has 3 heteroatoms. The molecule has 0 amide bonds. The van der Waals surface area contributed by atoms with Gasteiger partial charge in [-0.15, -0.1) is 0 Å². The van der Waals surface area contributed by atoms with Crippen LogP contribution in [0.4, 0.5) is 4.79 Å². The summed E-state index contributed by atoms with van der Waals surface area (Å²) in [6, 6.07) is 0. The maximum atomic E-state index is 10.9. The van der Waals surface area contributed by atoms with Crippen LogP contribution >= 0.6 is 23.5 Å². The maximum Gasteiger partial charge on any atom is 0.246 e. The lowest BCUT2D eigenvalue weighted by atomic mass is 10.2. The number of thioether (sulfide) groups is 2. The summed E-state index contributed by atoms with van der Waals surface area (Å²) in [5.74, 6) is 0. The Hall–Kier alpha value is 0.370. The summed E-state index contributed by atoms with van der Waals surface area (Å²) in [6.07, 6.45) is 2.25. The van der Waals surface area contributed by atoms with Gasteiger partial charge in [0, 0.05) is 10.5 Å². The standard InChI is InChI=1S/C7H12OS2/c1-3-5-6(4-2)10-7(8)9-5/h5-6H,3-4H2,1-2H3. The van der Waals surface area contributed by atoms with Crippen LogP contribution in [0.15, 0.2) is 0 Å². The van der Waals surface area contributed by atoms with Crippen LogP contribution in [0.1, 0.15) is 26.7 Å². The van der Waals surface area contributed by atoms with Crippen LogP contribution in [0, 0.1) is 0 Å². The molecule has 1 fully saturated rings. The lowest BCUT2D eigenvalue weighted by molar-refractivity contribution is 0.277. The highest BCUT2D eigenvalue weighted by Crippen LogP contribution is 2.41. The van der Waals surface area contributed by atoms with E-state index in [-0.39, 0.29) is 0 Å². The Morgan fingerprint density at radius 1 is 1.20 bits per heavy atom. The monoisotopic (exact) mass is 176 g/mol. The highest BCUT2D eigenvalue weighted by molar-refractivity contribution is 8.41. The van der Waals surface area contributed by atoms with Gasteiger partial charge in [-0.25, -0.2) is 0 Å². The first-order valence-electron chi connectivity index (χ1n) is 3.65. The summed E-state index contributed by atoms with van der Waals surface area (Å²) in [6.45, 7) is 4.30. The number of rotatable bonds is 2. The van der Waals surface area contributed by atoms with Gasteiger partial charge in [0.15, 0.2) is 0 Å². The van der Waals surface area contributed by atoms with E-state index in [1.165, 1.54) is 23.5 Å². The van der Waals surface area contributed by atoms with Gasteiger partial charge in [-0.3, -0.25) is 4.79 Å². The Kier molecular flexibility index (Phi) is 3.11. The number of carbonyl (C=O) groups is 1. The molecule has 1 aliphatic heterocycles. The van der Waals surface area contributed by atoms with Crippen molar-refractivity contribution < 1.29 is 4.79 Å². The Balaban J connectivity index is 2.48. The molecular weight excluding hydrogens is 164 g/mol. The highest BCUT2D eigenvalue weighted by atomic mass is 32.2. The van der Waals surface area contributed by atoms with E-state index in [2.05, 4.69) is 13.8 Å². The summed E-state index contributed by atoms with van der Waals surface area (Å²) in [7, 11) is 0. The first kappa shape index (κ1) is 8.47. The summed E-state index contributed by atoms with van der Waals surface area (Å²) in [5.41, 5.74) is 0. The average molecular weight is 176 g/mol. The second-order valence-corrected chi connectivity index (χ2v) is 5.06. The lowest BCUT2D eigenvalue weighted by Crippen LogP contribution is -2.12. The summed E-state index contributed by atoms with van der Waals surface area (Å²) >= 11 is 3.04. The van der Waals surface area contributed by atoms with E-state index >= 15 is 0 Å². The number of carbonyl (C=O) groups excluding carboxylic acids is 1. The molecule has 0 aromatic heterocycles. The van der Waals surface area contributed by atoms with Gasteiger partial charge in [-0.2, -0.15) is 0 Å². The Morgan fingerprint density at radius 3 is 1.90 bits per heavy atom. The topological polar surface area (TPSA) is 17.1 Å². The second kappa shape index (κ2) is 3.67. The molecule has 0 aliphatic carbocycles. The second-order valence-electron chi connectivity index (χ2n) is 2.38. The van der Waals surface area contributed by atoms with Gasteiger partial charge in [0.05, 0.1) is 0 Å². The number of hydrogen-bond acceptors (Lipinski definition) is 3. The Labute approximate surface area is 70.3 Å². The third-order valence-electron chi connectivity index (χ3n) is 1.71. The fourth-order valence-electron chi connectivity index (χ4n) is 1.12. The van der Waals surface area contributed by atoms with Crippen LogP contribution in [0.5, 0.6) is 0 Å². The molecule has 2 unspecified atom stereocenters. The molecule has 1 heterocycles. The summed E-state index contributed by atoms with van der Waals surface area (Å²) in [4.78, 5) is 10.9. The van der Waals surface area contributed by atoms with Crippen LogP contribution in [0.3, 0.4) is 0 Å². The predicted octanol–water partition coefficient (Wildman–Crippen LogP) is 3.14. The van der Waals surface area contributed by atoms with E-state index in [9.17, 15) is 4.79 Å². The normalized spacial score (nSPS) is 33.2. The molecule has 1 saturated heterocycles. The highest BCUT2D eigenvalue weighted by Gasteiger charge is 2.31. The lowest BCUT2D eigenvalue weighted by Gasteiger charge is -2.10. The minimum absolute atomic E-state index is 0.318. The zero-order chi connectivity index (χ0) is 7.56. The van der Waals surface area contributed by atoms with Crippen molar-refractivity contribution in [1.82, 2.24) is 0 Å². The van der Waals surface area contributed by atoms with E-state index in [1.807, 2.05) is 0 Å². The molecule has 1 rings (SSSR count). The van der Waals surface area contributed by atoms with Crippen LogP contribution < -0.4 is 0 Å². The maximum absolute atomic E-state index is 10.9. The van der Waals surface area contributed by atoms with Crippen molar-refractivity contribution in [2.75, 3.05) is 0 Å². The summed E-state index contributed by atoms with van der Waals surface area (Å²) in [5, 5.41) is 1.17. The van der Waals surface area contributed by atoms with Gasteiger partial charge < -0.3 is 0 Å². The first-order valence-corrected chi connectivity index (χ1v) is 5.41. The third-order valence-corrected chi connectivity index (χ3v) is 4.78. The molecule has 10 heavy (non-hydrogen) atoms. The van der Waals surface area contributed by atoms with Crippen LogP contribution in [-0.2, 0) is 0 Å². The van der Waals surface area contributed by atoms with E-state index in [0.29, 0.717) is 14.9 Å². The van der Waals surface area contributed by atoms with Crippen LogP contribution in [0.2, 0.25) is 0 Å². The van der Waals surface area contributed by atoms with Gasteiger partial charge in [0.1, 0.15) is 0 Å². The molecule has 2 atom stereocenters. The van der Waals surface area contributed by atoms with Crippen LogP contribution in [0.25, 0.3) is 0 Å². The van der Waals surface area contributed by atoms with Gasteiger partial charge >= 0.3 is 0 Å². The van der Waals surface area contributed by atoms with Crippen molar-refractivity contribution in [3.8, 4) is 0 Å². The minimum Gasteiger partial charge on any atom is -0.274 e. The molecular formula is C7H12OS2. The van der Waals surface area contributed by atoms with E-state index in [4.69, 9.17) is 0 Å². The van der Waals surface area contributed by atoms with E-state index in [0.717, 1.165) is 12.8 Å². The SMILES string of the molecule is CCC1SC(=O)SC1CC. The van der Waals surface area contributed by atoms with Gasteiger partial charge in [-0.1, -0.05) is 37.4 Å². The fourth-order valence-corrected chi connectivity index (χ4v) is 3.93. The van der Waals surface area contributed by atoms with E-state index < -0.39 is 0 Å². The van der Waals surface area contributed by atoms with Crippen molar-refractivity contribution in [3.63, 3.8) is 0 Å². The molecule has 1 aliphatic rings. The van der Waals surface area contributed by atoms with Gasteiger partial charge in [-0.05, 0) is 12.8 Å². The van der Waals surface area contributed by atoms with Gasteiger partial charge in [0.25, 0.3) is 0 Å². The van der Waals surface area contributed by atoms with E-state index in [1.54, 1.807) is 0 Å². The molecule has 0 aromatic carbocycles. The smallest absolute Gasteiger partial charge is 0.246 e. The number of hydrogen-bond donors (Lipinski definition) is 0. The predicted molar refractivity (Wildman–Crippen MR) is 48.7 cm³/mol. The minimum atomic E-state index is 0.318. The zero-order valence-electron chi connectivity index (χ0n) is 6.29. The summed E-state index contributed by atoms with van der Waals surface area (Å²) < 4.78 is 0.318. The van der Waals surface area contributed by atoms with Crippen molar-refractivity contribution in [1.29, 1.82) is 0 Å². The molecule has 58 valence electrons. The Morgan fingerprint density at radius 2 is 1.60 bits per heavy atom. The molecule has 1 nitrogen and oxygen atoms in total. The quantitative estimate of drug-likeness (QED) is 0.643. The molecule has 0 aromatic rings.